The smallest absolute Gasteiger partial charge is 0.254 e. The lowest BCUT2D eigenvalue weighted by molar-refractivity contribution is -0.134. The van der Waals surface area contributed by atoms with Crippen LogP contribution in [0.15, 0.2) is 60.0 Å². The zero-order chi connectivity index (χ0) is 28.3. The van der Waals surface area contributed by atoms with E-state index in [1.165, 1.54) is 29.7 Å². The number of rotatable bonds is 14. The Bertz CT molecular complexity index is 1230. The lowest BCUT2D eigenvalue weighted by Crippen LogP contribution is -2.47. The molecule has 3 aromatic rings. The van der Waals surface area contributed by atoms with Gasteiger partial charge in [0.25, 0.3) is 5.91 Å². The van der Waals surface area contributed by atoms with E-state index in [1.807, 2.05) is 48.2 Å². The molecule has 7 heteroatoms. The van der Waals surface area contributed by atoms with E-state index in [0.29, 0.717) is 43.3 Å². The summed E-state index contributed by atoms with van der Waals surface area (Å²) in [6.45, 7) is 6.48. The molecule has 40 heavy (non-hydrogen) atoms. The molecule has 0 saturated carbocycles. The number of fused-ring (bicyclic) bond motifs is 1. The molecule has 0 radical (unpaired) electrons. The molecule has 0 saturated heterocycles. The molecule has 4 rings (SSSR count). The first-order valence-electron chi connectivity index (χ1n) is 14.6. The molecular formula is C33H41ClN2O3S. The number of ether oxygens (including phenoxy) is 1. The Balaban J connectivity index is 1.51. The predicted octanol–water partition coefficient (Wildman–Crippen LogP) is 7.57. The topological polar surface area (TPSA) is 49.9 Å². The van der Waals surface area contributed by atoms with E-state index < -0.39 is 0 Å². The van der Waals surface area contributed by atoms with Gasteiger partial charge in [-0.2, -0.15) is 0 Å². The first-order valence-corrected chi connectivity index (χ1v) is 15.8. The van der Waals surface area contributed by atoms with Gasteiger partial charge in [-0.25, -0.2) is 0 Å². The van der Waals surface area contributed by atoms with Gasteiger partial charge in [0.15, 0.2) is 0 Å². The van der Waals surface area contributed by atoms with E-state index in [2.05, 4.69) is 30.5 Å². The molecule has 0 fully saturated rings. The lowest BCUT2D eigenvalue weighted by atomic mass is 9.93. The minimum atomic E-state index is -0.188. The highest BCUT2D eigenvalue weighted by Crippen LogP contribution is 2.38. The van der Waals surface area contributed by atoms with Crippen molar-refractivity contribution in [2.45, 2.75) is 64.8 Å². The van der Waals surface area contributed by atoms with E-state index in [0.717, 1.165) is 30.4 Å². The maximum atomic E-state index is 13.9. The Morgan fingerprint density at radius 1 is 1.00 bits per heavy atom. The highest BCUT2D eigenvalue weighted by atomic mass is 35.5. The number of thiophene rings is 1. The minimum absolute atomic E-state index is 0.0350. The van der Waals surface area contributed by atoms with Crippen LogP contribution in [0.3, 0.4) is 0 Å². The summed E-state index contributed by atoms with van der Waals surface area (Å²) < 4.78 is 5.53. The van der Waals surface area contributed by atoms with Crippen molar-refractivity contribution in [2.75, 3.05) is 32.8 Å². The standard InChI is InChI=1S/C33H41ClN2O3S/c1-3-5-6-7-9-25-10-12-27(13-11-25)33(38)35(20-8-22-39-4-2)24-31(37)36-21-18-30-29(19-23-40-30)32(36)26-14-16-28(34)17-15-26/h10-17,19,23,32H,3-9,18,20-22,24H2,1-2H3/t32-/m1/s1. The fourth-order valence-electron chi connectivity index (χ4n) is 5.35. The van der Waals surface area contributed by atoms with E-state index in [1.54, 1.807) is 16.2 Å². The second-order valence-corrected chi connectivity index (χ2v) is 11.8. The Labute approximate surface area is 248 Å². The molecule has 0 spiro atoms. The van der Waals surface area contributed by atoms with Crippen molar-refractivity contribution in [3.63, 3.8) is 0 Å². The molecule has 2 aromatic carbocycles. The summed E-state index contributed by atoms with van der Waals surface area (Å²) >= 11 is 7.91. The van der Waals surface area contributed by atoms with Crippen molar-refractivity contribution in [1.29, 1.82) is 0 Å². The number of unbranched alkanes of at least 4 members (excludes halogenated alkanes) is 3. The molecule has 1 aromatic heterocycles. The Morgan fingerprint density at radius 2 is 1.77 bits per heavy atom. The molecule has 2 heterocycles. The molecule has 0 aliphatic carbocycles. The van der Waals surface area contributed by atoms with Crippen LogP contribution in [0.4, 0.5) is 0 Å². The number of aryl methyl sites for hydroxylation is 1. The van der Waals surface area contributed by atoms with Crippen LogP contribution in [0.2, 0.25) is 5.02 Å². The molecule has 1 aliphatic rings. The monoisotopic (exact) mass is 580 g/mol. The van der Waals surface area contributed by atoms with Gasteiger partial charge in [-0.3, -0.25) is 9.59 Å². The highest BCUT2D eigenvalue weighted by molar-refractivity contribution is 7.10. The molecular weight excluding hydrogens is 540 g/mol. The van der Waals surface area contributed by atoms with Crippen molar-refractivity contribution in [1.82, 2.24) is 9.80 Å². The maximum Gasteiger partial charge on any atom is 0.254 e. The second kappa shape index (κ2) is 15.4. The lowest BCUT2D eigenvalue weighted by Gasteiger charge is -2.37. The van der Waals surface area contributed by atoms with Gasteiger partial charge in [0, 0.05) is 41.8 Å². The predicted molar refractivity (Wildman–Crippen MR) is 164 cm³/mol. The van der Waals surface area contributed by atoms with Crippen LogP contribution in [0.25, 0.3) is 0 Å². The van der Waals surface area contributed by atoms with Gasteiger partial charge in [-0.15, -0.1) is 11.3 Å². The summed E-state index contributed by atoms with van der Waals surface area (Å²) in [6, 6.07) is 17.6. The summed E-state index contributed by atoms with van der Waals surface area (Å²) in [5.74, 6) is -0.159. The van der Waals surface area contributed by atoms with Crippen LogP contribution in [0.1, 0.15) is 83.9 Å². The van der Waals surface area contributed by atoms with Crippen molar-refractivity contribution in [3.8, 4) is 0 Å². The van der Waals surface area contributed by atoms with Gasteiger partial charge in [-0.05, 0) is 85.0 Å². The Morgan fingerprint density at radius 3 is 2.50 bits per heavy atom. The van der Waals surface area contributed by atoms with Gasteiger partial charge in [-0.1, -0.05) is 62.1 Å². The van der Waals surface area contributed by atoms with Crippen molar-refractivity contribution < 1.29 is 14.3 Å². The number of hydrogen-bond acceptors (Lipinski definition) is 4. The third kappa shape index (κ3) is 7.96. The van der Waals surface area contributed by atoms with Crippen LogP contribution in [0, 0.1) is 0 Å². The van der Waals surface area contributed by atoms with Gasteiger partial charge in [0.2, 0.25) is 5.91 Å². The summed E-state index contributed by atoms with van der Waals surface area (Å²) in [5, 5.41) is 2.76. The zero-order valence-corrected chi connectivity index (χ0v) is 25.3. The molecule has 0 bridgehead atoms. The van der Waals surface area contributed by atoms with E-state index in [4.69, 9.17) is 16.3 Å². The van der Waals surface area contributed by atoms with Crippen molar-refractivity contribution in [3.05, 3.63) is 92.1 Å². The van der Waals surface area contributed by atoms with Gasteiger partial charge in [0.1, 0.15) is 6.54 Å². The third-order valence-corrected chi connectivity index (χ3v) is 8.77. The number of halogens is 1. The normalized spacial score (nSPS) is 14.7. The second-order valence-electron chi connectivity index (χ2n) is 10.4. The number of nitrogens with zero attached hydrogens (tertiary/aromatic N) is 2. The summed E-state index contributed by atoms with van der Waals surface area (Å²) in [7, 11) is 0. The zero-order valence-electron chi connectivity index (χ0n) is 23.7. The molecule has 0 unspecified atom stereocenters. The first-order chi connectivity index (χ1) is 19.5. The van der Waals surface area contributed by atoms with Crippen molar-refractivity contribution in [2.24, 2.45) is 0 Å². The Hall–Kier alpha value is -2.67. The van der Waals surface area contributed by atoms with E-state index in [9.17, 15) is 9.59 Å². The quantitative estimate of drug-likeness (QED) is 0.185. The van der Waals surface area contributed by atoms with E-state index in [-0.39, 0.29) is 24.4 Å². The SMILES string of the molecule is CCCCCCc1ccc(C(=O)N(CCCOCC)CC(=O)N2CCc3sccc3[C@H]2c2ccc(Cl)cc2)cc1. The molecule has 214 valence electrons. The summed E-state index contributed by atoms with van der Waals surface area (Å²) in [4.78, 5) is 32.5. The highest BCUT2D eigenvalue weighted by Gasteiger charge is 2.34. The first kappa shape index (κ1) is 30.3. The molecule has 1 atom stereocenters. The van der Waals surface area contributed by atoms with Gasteiger partial charge < -0.3 is 14.5 Å². The van der Waals surface area contributed by atoms with Crippen LogP contribution in [0.5, 0.6) is 0 Å². The molecule has 0 N–H and O–H groups in total. The fraction of sp³-hybridized carbons (Fsp3) is 0.455. The third-order valence-electron chi connectivity index (χ3n) is 7.53. The van der Waals surface area contributed by atoms with Crippen molar-refractivity contribution >= 4 is 34.8 Å². The van der Waals surface area contributed by atoms with Crippen LogP contribution in [-0.4, -0.2) is 54.5 Å². The fourth-order valence-corrected chi connectivity index (χ4v) is 6.38. The molecule has 2 amide bonds. The number of hydrogen-bond donors (Lipinski definition) is 0. The number of carbonyl (C=O) groups is 2. The average molecular weight is 581 g/mol. The van der Waals surface area contributed by atoms with E-state index >= 15 is 0 Å². The number of amides is 2. The number of carbonyl (C=O) groups excluding carboxylic acids is 2. The van der Waals surface area contributed by atoms with Gasteiger partial charge in [0.05, 0.1) is 6.04 Å². The molecule has 1 aliphatic heterocycles. The Kier molecular flexibility index (Phi) is 11.6. The summed E-state index contributed by atoms with van der Waals surface area (Å²) in [6.07, 6.45) is 7.39. The van der Waals surface area contributed by atoms with Gasteiger partial charge >= 0.3 is 0 Å². The minimum Gasteiger partial charge on any atom is -0.382 e. The molecule has 5 nitrogen and oxygen atoms in total. The van der Waals surface area contributed by atoms with Crippen LogP contribution < -0.4 is 0 Å². The number of benzene rings is 2. The summed E-state index contributed by atoms with van der Waals surface area (Å²) in [5.41, 5.74) is 4.06. The van der Waals surface area contributed by atoms with Crippen LogP contribution >= 0.6 is 22.9 Å². The van der Waals surface area contributed by atoms with Crippen LogP contribution in [-0.2, 0) is 22.4 Å². The average Bonchev–Trinajstić information content (AvgIpc) is 3.46. The largest absolute Gasteiger partial charge is 0.382 e. The maximum absolute atomic E-state index is 13.9.